The number of carbonyl (C=O) groups is 1. The molecule has 0 saturated carbocycles. The van der Waals surface area contributed by atoms with E-state index in [0.717, 1.165) is 0 Å². The van der Waals surface area contributed by atoms with Crippen LogP contribution in [0.4, 0.5) is 0 Å². The van der Waals surface area contributed by atoms with Gasteiger partial charge < -0.3 is 17.2 Å². The van der Waals surface area contributed by atoms with Crippen LogP contribution >= 0.6 is 0 Å². The van der Waals surface area contributed by atoms with Crippen LogP contribution in [0.15, 0.2) is 24.3 Å². The Balaban J connectivity index is 5.35. The Morgan fingerprint density at radius 3 is 2.21 bits per heavy atom. The summed E-state index contributed by atoms with van der Waals surface area (Å²) in [6.45, 7) is 5.12. The van der Waals surface area contributed by atoms with Crippen molar-refractivity contribution in [2.45, 2.75) is 6.92 Å². The standard InChI is InChI=1S/C8H15N5O/c1-4-12-8(6(10)7(11)14)13(3)5(2)9/h4,9H,1,10H2,2-3H3,(H3,11,12,14)/p+1. The molecule has 0 spiro atoms. The molecule has 0 aromatic carbocycles. The Hall–Kier alpha value is -1.98. The molecule has 78 valence electrons. The molecule has 14 heavy (non-hydrogen) atoms. The van der Waals surface area contributed by atoms with Gasteiger partial charge in [0.25, 0.3) is 11.7 Å². The number of carbonyl (C=O) groups excluding carboxylic acids is 1. The highest BCUT2D eigenvalue weighted by Gasteiger charge is 2.14. The van der Waals surface area contributed by atoms with Crippen LogP contribution in [-0.2, 0) is 4.79 Å². The van der Waals surface area contributed by atoms with Gasteiger partial charge in [-0.05, 0) is 0 Å². The highest BCUT2D eigenvalue weighted by atomic mass is 16.1. The minimum Gasteiger partial charge on any atom is -0.389 e. The molecule has 0 rings (SSSR count). The van der Waals surface area contributed by atoms with E-state index in [1.165, 1.54) is 10.8 Å². The molecule has 0 aliphatic rings. The van der Waals surface area contributed by atoms with Gasteiger partial charge in [0, 0.05) is 6.92 Å². The van der Waals surface area contributed by atoms with Crippen molar-refractivity contribution >= 4 is 11.7 Å². The number of hydrogen-bond donors (Lipinski definition) is 4. The van der Waals surface area contributed by atoms with Crippen LogP contribution in [0.2, 0.25) is 0 Å². The number of nitrogens with zero attached hydrogens (tertiary/aromatic N) is 1. The van der Waals surface area contributed by atoms with E-state index < -0.39 is 5.91 Å². The van der Waals surface area contributed by atoms with E-state index in [1.54, 1.807) is 14.0 Å². The molecule has 0 aromatic heterocycles. The van der Waals surface area contributed by atoms with Gasteiger partial charge in [-0.3, -0.25) is 10.1 Å². The Bertz CT molecular complexity index is 312. The largest absolute Gasteiger partial charge is 0.389 e. The molecule has 1 amide bonds. The number of rotatable bonds is 4. The molecule has 0 saturated heterocycles. The van der Waals surface area contributed by atoms with Crippen molar-refractivity contribution in [3.63, 3.8) is 0 Å². The normalized spacial score (nSPS) is 13.9. The number of nitrogens with two attached hydrogens (primary N) is 3. The summed E-state index contributed by atoms with van der Waals surface area (Å²) in [4.78, 5) is 10.8. The maximum absolute atomic E-state index is 10.8. The number of nitrogens with one attached hydrogen (secondary N) is 1. The van der Waals surface area contributed by atoms with E-state index in [2.05, 4.69) is 11.9 Å². The van der Waals surface area contributed by atoms with E-state index in [0.29, 0.717) is 11.7 Å². The van der Waals surface area contributed by atoms with Crippen LogP contribution < -0.4 is 22.5 Å². The third-order valence-electron chi connectivity index (χ3n) is 1.62. The molecular weight excluding hydrogens is 182 g/mol. The lowest BCUT2D eigenvalue weighted by atomic mass is 10.4. The molecule has 0 fully saturated rings. The maximum Gasteiger partial charge on any atom is 0.271 e. The molecule has 0 unspecified atom stereocenters. The first-order chi connectivity index (χ1) is 6.41. The van der Waals surface area contributed by atoms with Gasteiger partial charge in [-0.25, -0.2) is 4.58 Å². The molecule has 6 nitrogen and oxygen atoms in total. The lowest BCUT2D eigenvalue weighted by Gasteiger charge is -2.08. The predicted molar refractivity (Wildman–Crippen MR) is 54.8 cm³/mol. The first kappa shape index (κ1) is 12.0. The SMILES string of the molecule is C=CNC(=C(\N)C(N)=O)/[N+](C)=C(\C)N. The van der Waals surface area contributed by atoms with Gasteiger partial charge in [0.05, 0.1) is 13.2 Å². The van der Waals surface area contributed by atoms with Crippen LogP contribution in [0.1, 0.15) is 6.92 Å². The fourth-order valence-electron chi connectivity index (χ4n) is 0.745. The summed E-state index contributed by atoms with van der Waals surface area (Å²) in [6.07, 6.45) is 1.38. The predicted octanol–water partition coefficient (Wildman–Crippen LogP) is -1.65. The van der Waals surface area contributed by atoms with E-state index in [9.17, 15) is 4.79 Å². The summed E-state index contributed by atoms with van der Waals surface area (Å²) in [5.41, 5.74) is 15.9. The van der Waals surface area contributed by atoms with Gasteiger partial charge in [0.2, 0.25) is 0 Å². The summed E-state index contributed by atoms with van der Waals surface area (Å²) in [5.74, 6) is 0.0634. The molecule has 0 aliphatic carbocycles. The number of amides is 1. The summed E-state index contributed by atoms with van der Waals surface area (Å²) < 4.78 is 1.50. The third-order valence-corrected chi connectivity index (χ3v) is 1.62. The van der Waals surface area contributed by atoms with Crippen LogP contribution in [0, 0.1) is 0 Å². The Morgan fingerprint density at radius 1 is 1.43 bits per heavy atom. The van der Waals surface area contributed by atoms with E-state index >= 15 is 0 Å². The van der Waals surface area contributed by atoms with Crippen molar-refractivity contribution < 1.29 is 9.37 Å². The van der Waals surface area contributed by atoms with E-state index in [-0.39, 0.29) is 5.70 Å². The second-order valence-corrected chi connectivity index (χ2v) is 2.68. The van der Waals surface area contributed by atoms with Gasteiger partial charge in [-0.2, -0.15) is 0 Å². The molecule has 0 heterocycles. The van der Waals surface area contributed by atoms with Gasteiger partial charge in [0.15, 0.2) is 11.5 Å². The molecule has 6 heteroatoms. The van der Waals surface area contributed by atoms with Gasteiger partial charge in [-0.1, -0.05) is 6.58 Å². The Morgan fingerprint density at radius 2 is 1.93 bits per heavy atom. The van der Waals surface area contributed by atoms with Crippen LogP contribution in [0.3, 0.4) is 0 Å². The molecule has 0 radical (unpaired) electrons. The number of amidine groups is 1. The zero-order valence-electron chi connectivity index (χ0n) is 8.37. The molecule has 0 atom stereocenters. The monoisotopic (exact) mass is 198 g/mol. The van der Waals surface area contributed by atoms with Crippen LogP contribution in [-0.4, -0.2) is 23.4 Å². The van der Waals surface area contributed by atoms with Crippen molar-refractivity contribution in [2.75, 3.05) is 7.05 Å². The third kappa shape index (κ3) is 2.81. The first-order valence-electron chi connectivity index (χ1n) is 3.91. The minimum atomic E-state index is -0.720. The minimum absolute atomic E-state index is 0.0998. The molecule has 7 N–H and O–H groups in total. The van der Waals surface area contributed by atoms with Crippen molar-refractivity contribution in [1.29, 1.82) is 0 Å². The summed E-state index contributed by atoms with van der Waals surface area (Å²) >= 11 is 0. The average molecular weight is 198 g/mol. The van der Waals surface area contributed by atoms with Crippen LogP contribution in [0.5, 0.6) is 0 Å². The Labute approximate surface area is 82.8 Å². The van der Waals surface area contributed by atoms with E-state index in [1.807, 2.05) is 0 Å². The quantitative estimate of drug-likeness (QED) is 0.188. The lowest BCUT2D eigenvalue weighted by molar-refractivity contribution is -0.451. The fourth-order valence-corrected chi connectivity index (χ4v) is 0.745. The smallest absolute Gasteiger partial charge is 0.271 e. The van der Waals surface area contributed by atoms with Crippen molar-refractivity contribution in [1.82, 2.24) is 5.32 Å². The van der Waals surface area contributed by atoms with Gasteiger partial charge in [-0.15, -0.1) is 0 Å². The maximum atomic E-state index is 10.8. The molecular formula is C8H16N5O+. The second-order valence-electron chi connectivity index (χ2n) is 2.68. The molecule has 0 aliphatic heterocycles. The highest BCUT2D eigenvalue weighted by Crippen LogP contribution is 1.95. The fraction of sp³-hybridized carbons (Fsp3) is 0.250. The van der Waals surface area contributed by atoms with E-state index in [4.69, 9.17) is 17.2 Å². The summed E-state index contributed by atoms with van der Waals surface area (Å²) in [6, 6.07) is 0. The van der Waals surface area contributed by atoms with Crippen molar-refractivity contribution in [3.05, 3.63) is 24.3 Å². The van der Waals surface area contributed by atoms with Crippen LogP contribution in [0.25, 0.3) is 0 Å². The zero-order chi connectivity index (χ0) is 11.3. The second kappa shape index (κ2) is 4.90. The lowest BCUT2D eigenvalue weighted by Crippen LogP contribution is -2.34. The van der Waals surface area contributed by atoms with Gasteiger partial charge >= 0.3 is 0 Å². The summed E-state index contributed by atoms with van der Waals surface area (Å²) in [5, 5.41) is 2.69. The van der Waals surface area contributed by atoms with Crippen molar-refractivity contribution in [3.8, 4) is 0 Å². The van der Waals surface area contributed by atoms with Gasteiger partial charge in [0.1, 0.15) is 0 Å². The topological polar surface area (TPSA) is 110 Å². The first-order valence-corrected chi connectivity index (χ1v) is 3.91. The number of hydrogen-bond acceptors (Lipinski definition) is 3. The zero-order valence-corrected chi connectivity index (χ0v) is 8.37. The average Bonchev–Trinajstić information content (AvgIpc) is 2.11. The Kier molecular flexibility index (Phi) is 4.21. The van der Waals surface area contributed by atoms with Crippen molar-refractivity contribution in [2.24, 2.45) is 17.2 Å². The number of primary amides is 1. The molecule has 0 bridgehead atoms. The summed E-state index contributed by atoms with van der Waals surface area (Å²) in [7, 11) is 1.65. The highest BCUT2D eigenvalue weighted by molar-refractivity contribution is 5.91. The molecule has 0 aromatic rings.